The predicted molar refractivity (Wildman–Crippen MR) is 37.3 cm³/mol. The molecule has 0 aromatic rings. The molecule has 0 amide bonds. The van der Waals surface area contributed by atoms with Gasteiger partial charge in [-0.2, -0.15) is 0 Å². The van der Waals surface area contributed by atoms with E-state index in [-0.39, 0.29) is 0 Å². The van der Waals surface area contributed by atoms with Gasteiger partial charge in [-0.15, -0.1) is 9.35 Å². The summed E-state index contributed by atoms with van der Waals surface area (Å²) in [6.45, 7) is 0. The summed E-state index contributed by atoms with van der Waals surface area (Å²) in [5.41, 5.74) is 5.30. The van der Waals surface area contributed by atoms with Gasteiger partial charge in [-0.3, -0.25) is 5.43 Å². The maximum Gasteiger partial charge on any atom is 0.166 e. The number of hydrogen-bond donors (Lipinski definition) is 3. The highest BCUT2D eigenvalue weighted by atomic mass is 32.2. The molecular formula is CH3N3S3. The highest BCUT2D eigenvalue weighted by molar-refractivity contribution is 8.25. The fourth-order valence-electron chi connectivity index (χ4n) is 0.218. The van der Waals surface area contributed by atoms with Crippen molar-refractivity contribution in [1.82, 2.24) is 14.8 Å². The molecule has 1 aliphatic heterocycles. The fourth-order valence-corrected chi connectivity index (χ4v) is 1.29. The van der Waals surface area contributed by atoms with Crippen molar-refractivity contribution >= 4 is 41.3 Å². The summed E-state index contributed by atoms with van der Waals surface area (Å²) in [4.78, 5) is 0. The van der Waals surface area contributed by atoms with Gasteiger partial charge in [0.2, 0.25) is 0 Å². The van der Waals surface area contributed by atoms with Crippen molar-refractivity contribution in [1.29, 1.82) is 0 Å². The SMILES string of the molecule is S=C1NNN(S)S1. The summed E-state index contributed by atoms with van der Waals surface area (Å²) < 4.78 is 2.18. The van der Waals surface area contributed by atoms with Crippen LogP contribution in [0.3, 0.4) is 0 Å². The van der Waals surface area contributed by atoms with Gasteiger partial charge in [-0.25, -0.2) is 0 Å². The summed E-state index contributed by atoms with van der Waals surface area (Å²) in [5.74, 6) is 0. The molecule has 2 N–H and O–H groups in total. The van der Waals surface area contributed by atoms with Crippen molar-refractivity contribution in [3.8, 4) is 0 Å². The number of nitrogens with zero attached hydrogens (tertiary/aromatic N) is 1. The van der Waals surface area contributed by atoms with Crippen molar-refractivity contribution < 1.29 is 0 Å². The van der Waals surface area contributed by atoms with Crippen LogP contribution in [0, 0.1) is 0 Å². The first kappa shape index (κ1) is 5.64. The van der Waals surface area contributed by atoms with Crippen LogP contribution in [-0.2, 0) is 0 Å². The molecule has 1 heterocycles. The van der Waals surface area contributed by atoms with Crippen LogP contribution < -0.4 is 11.0 Å². The molecule has 40 valence electrons. The van der Waals surface area contributed by atoms with Gasteiger partial charge in [0.05, 0.1) is 0 Å². The topological polar surface area (TPSA) is 27.3 Å². The number of hydrazine groups is 2. The van der Waals surface area contributed by atoms with E-state index in [1.165, 1.54) is 15.8 Å². The van der Waals surface area contributed by atoms with Gasteiger partial charge in [0.15, 0.2) is 4.32 Å². The van der Waals surface area contributed by atoms with Crippen LogP contribution in [0.4, 0.5) is 0 Å². The minimum absolute atomic E-state index is 0.690. The van der Waals surface area contributed by atoms with E-state index in [1.54, 1.807) is 0 Å². The Morgan fingerprint density at radius 1 is 1.86 bits per heavy atom. The number of nitrogens with one attached hydrogen (secondary N) is 2. The molecule has 0 spiro atoms. The Balaban J connectivity index is 2.40. The number of rotatable bonds is 0. The quantitative estimate of drug-likeness (QED) is 0.260. The Labute approximate surface area is 56.4 Å². The van der Waals surface area contributed by atoms with E-state index in [1.807, 2.05) is 0 Å². The molecule has 7 heavy (non-hydrogen) atoms. The predicted octanol–water partition coefficient (Wildman–Crippen LogP) is 0.0891. The van der Waals surface area contributed by atoms with Crippen molar-refractivity contribution in [2.45, 2.75) is 0 Å². The zero-order valence-corrected chi connectivity index (χ0v) is 5.74. The molecule has 0 atom stereocenters. The minimum atomic E-state index is 0.690. The molecule has 0 bridgehead atoms. The van der Waals surface area contributed by atoms with Crippen LogP contribution in [0.25, 0.3) is 0 Å². The van der Waals surface area contributed by atoms with Crippen LogP contribution in [0.1, 0.15) is 0 Å². The molecular weight excluding hydrogens is 150 g/mol. The molecule has 1 saturated heterocycles. The Morgan fingerprint density at radius 3 is 2.71 bits per heavy atom. The average molecular weight is 153 g/mol. The zero-order chi connectivity index (χ0) is 5.28. The largest absolute Gasteiger partial charge is 0.290 e. The molecule has 6 heteroatoms. The number of hydrogen-bond acceptors (Lipinski definition) is 5. The van der Waals surface area contributed by atoms with Crippen LogP contribution in [0.2, 0.25) is 0 Å². The Hall–Kier alpha value is 0.510. The molecule has 3 nitrogen and oxygen atoms in total. The first-order chi connectivity index (χ1) is 3.29. The lowest BCUT2D eigenvalue weighted by Crippen LogP contribution is -2.29. The number of thiol groups is 1. The lowest BCUT2D eigenvalue weighted by atomic mass is 11.5. The van der Waals surface area contributed by atoms with Gasteiger partial charge in [0.1, 0.15) is 0 Å². The highest BCUT2D eigenvalue weighted by Crippen LogP contribution is 2.13. The van der Waals surface area contributed by atoms with E-state index in [4.69, 9.17) is 12.2 Å². The molecule has 1 aliphatic rings. The first-order valence-electron chi connectivity index (χ1n) is 1.51. The van der Waals surface area contributed by atoms with Crippen molar-refractivity contribution in [3.05, 3.63) is 0 Å². The van der Waals surface area contributed by atoms with Crippen LogP contribution in [0.5, 0.6) is 0 Å². The standard InChI is InChI=1S/CH3N3S3/c5-1-2-3-4(6)7-1/h3,6H,(H,2,5). The van der Waals surface area contributed by atoms with Gasteiger partial charge in [-0.1, -0.05) is 25.0 Å². The lowest BCUT2D eigenvalue weighted by Gasteiger charge is -1.96. The van der Waals surface area contributed by atoms with E-state index in [9.17, 15) is 0 Å². The summed E-state index contributed by atoms with van der Waals surface area (Å²) in [5, 5.41) is 0. The summed E-state index contributed by atoms with van der Waals surface area (Å²) in [6, 6.07) is 0. The van der Waals surface area contributed by atoms with Crippen molar-refractivity contribution in [3.63, 3.8) is 0 Å². The van der Waals surface area contributed by atoms with E-state index < -0.39 is 0 Å². The van der Waals surface area contributed by atoms with E-state index in [0.717, 1.165) is 0 Å². The molecule has 0 aromatic carbocycles. The maximum absolute atomic E-state index is 4.69. The van der Waals surface area contributed by atoms with Gasteiger partial charge in [0.25, 0.3) is 0 Å². The fraction of sp³-hybridized carbons (Fsp3) is 0. The molecule has 1 rings (SSSR count). The van der Waals surface area contributed by atoms with Gasteiger partial charge in [0, 0.05) is 11.9 Å². The van der Waals surface area contributed by atoms with E-state index in [2.05, 4.69) is 23.8 Å². The second-order valence-corrected chi connectivity index (χ2v) is 3.18. The van der Waals surface area contributed by atoms with E-state index >= 15 is 0 Å². The smallest absolute Gasteiger partial charge is 0.166 e. The van der Waals surface area contributed by atoms with Crippen LogP contribution >= 0.6 is 37.0 Å². The third-order valence-corrected chi connectivity index (χ3v) is 1.63. The second kappa shape index (κ2) is 2.19. The van der Waals surface area contributed by atoms with Gasteiger partial charge in [-0.05, 0) is 0 Å². The highest BCUT2D eigenvalue weighted by Gasteiger charge is 2.10. The van der Waals surface area contributed by atoms with Gasteiger partial charge >= 0.3 is 0 Å². The van der Waals surface area contributed by atoms with E-state index in [0.29, 0.717) is 4.32 Å². The van der Waals surface area contributed by atoms with Crippen LogP contribution in [0.15, 0.2) is 0 Å². The van der Waals surface area contributed by atoms with Crippen molar-refractivity contribution in [2.24, 2.45) is 0 Å². The minimum Gasteiger partial charge on any atom is -0.290 e. The molecule has 0 unspecified atom stereocenters. The Bertz CT molecular complexity index is 92.2. The third kappa shape index (κ3) is 1.46. The maximum atomic E-state index is 4.69. The lowest BCUT2D eigenvalue weighted by molar-refractivity contribution is 0.530. The zero-order valence-electron chi connectivity index (χ0n) is 3.21. The normalized spacial score (nSPS) is 22.7. The molecule has 0 radical (unpaired) electrons. The summed E-state index contributed by atoms with van der Waals surface area (Å²) >= 11 is 9.91. The Kier molecular flexibility index (Phi) is 1.76. The second-order valence-electron chi connectivity index (χ2n) is 0.888. The average Bonchev–Trinajstić information content (AvgIpc) is 1.87. The third-order valence-electron chi connectivity index (χ3n) is 0.423. The van der Waals surface area contributed by atoms with Crippen molar-refractivity contribution in [2.75, 3.05) is 0 Å². The summed E-state index contributed by atoms with van der Waals surface area (Å²) in [7, 11) is 0. The van der Waals surface area contributed by atoms with Gasteiger partial charge < -0.3 is 0 Å². The molecule has 0 saturated carbocycles. The molecule has 0 aliphatic carbocycles. The van der Waals surface area contributed by atoms with Crippen LogP contribution in [-0.4, -0.2) is 8.14 Å². The summed E-state index contributed by atoms with van der Waals surface area (Å²) in [6.07, 6.45) is 0. The Morgan fingerprint density at radius 2 is 2.57 bits per heavy atom. The first-order valence-corrected chi connectivity index (χ1v) is 3.10. The molecule has 1 fully saturated rings. The number of thiocarbonyl (C=S) groups is 1. The monoisotopic (exact) mass is 153 g/mol. The molecule has 0 aromatic heterocycles.